The molecule has 2 rings (SSSR count). The van der Waals surface area contributed by atoms with E-state index in [2.05, 4.69) is 21.2 Å². The number of carbonyl (C=O) groups is 2. The van der Waals surface area contributed by atoms with E-state index in [1.54, 1.807) is 16.2 Å². The number of amides is 2. The summed E-state index contributed by atoms with van der Waals surface area (Å²) in [7, 11) is 0. The van der Waals surface area contributed by atoms with E-state index in [1.807, 2.05) is 18.4 Å². The minimum Gasteiger partial charge on any atom is -0.466 e. The van der Waals surface area contributed by atoms with Crippen LogP contribution in [0.1, 0.15) is 24.6 Å². The summed E-state index contributed by atoms with van der Waals surface area (Å²) in [5.41, 5.74) is 0. The monoisotopic (exact) mass is 374 g/mol. The van der Waals surface area contributed by atoms with E-state index in [-0.39, 0.29) is 17.9 Å². The molecule has 1 saturated heterocycles. The van der Waals surface area contributed by atoms with Gasteiger partial charge in [-0.3, -0.25) is 4.79 Å². The summed E-state index contributed by atoms with van der Waals surface area (Å²) >= 11 is 5.00. The zero-order valence-electron chi connectivity index (χ0n) is 11.9. The number of rotatable bonds is 4. The highest BCUT2D eigenvalue weighted by Gasteiger charge is 2.28. The SMILES string of the molecule is CCOC(=O)C1CCN(C(=O)NCc2cc(Br)cs2)CC1. The fraction of sp³-hybridized carbons (Fsp3) is 0.571. The standard InChI is InChI=1S/C14H19BrN2O3S/c1-2-20-13(18)10-3-5-17(6-4-10)14(19)16-8-12-7-11(15)9-21-12/h7,9-10H,2-6,8H2,1H3,(H,16,19). The quantitative estimate of drug-likeness (QED) is 0.824. The van der Waals surface area contributed by atoms with Crippen molar-refractivity contribution in [3.05, 3.63) is 20.8 Å². The molecule has 1 aliphatic rings. The number of hydrogen-bond donors (Lipinski definition) is 1. The van der Waals surface area contributed by atoms with Crippen LogP contribution in [0, 0.1) is 5.92 Å². The Morgan fingerprint density at radius 2 is 2.19 bits per heavy atom. The summed E-state index contributed by atoms with van der Waals surface area (Å²) in [6.07, 6.45) is 1.35. The number of esters is 1. The van der Waals surface area contributed by atoms with E-state index in [4.69, 9.17) is 4.74 Å². The van der Waals surface area contributed by atoms with E-state index in [1.165, 1.54) is 0 Å². The third-order valence-corrected chi connectivity index (χ3v) is 5.14. The number of thiophene rings is 1. The van der Waals surface area contributed by atoms with Crippen LogP contribution < -0.4 is 5.32 Å². The maximum atomic E-state index is 12.1. The lowest BCUT2D eigenvalue weighted by atomic mass is 9.97. The molecular weight excluding hydrogens is 356 g/mol. The van der Waals surface area contributed by atoms with Crippen LogP contribution in [0.25, 0.3) is 0 Å². The predicted octanol–water partition coefficient (Wildman–Crippen LogP) is 3.00. The molecule has 1 fully saturated rings. The Morgan fingerprint density at radius 3 is 2.76 bits per heavy atom. The van der Waals surface area contributed by atoms with Gasteiger partial charge < -0.3 is 15.0 Å². The molecule has 0 bridgehead atoms. The molecule has 0 radical (unpaired) electrons. The third-order valence-electron chi connectivity index (χ3n) is 3.44. The minimum absolute atomic E-state index is 0.0674. The van der Waals surface area contributed by atoms with Crippen LogP contribution in [-0.2, 0) is 16.1 Å². The number of halogens is 1. The fourth-order valence-electron chi connectivity index (χ4n) is 2.30. The number of nitrogens with one attached hydrogen (secondary N) is 1. The number of piperidine rings is 1. The Balaban J connectivity index is 1.74. The van der Waals surface area contributed by atoms with Gasteiger partial charge in [0, 0.05) is 27.8 Å². The summed E-state index contributed by atoms with van der Waals surface area (Å²) in [6.45, 7) is 3.96. The maximum Gasteiger partial charge on any atom is 0.317 e. The molecule has 1 aliphatic heterocycles. The molecular formula is C14H19BrN2O3S. The van der Waals surface area contributed by atoms with Crippen molar-refractivity contribution in [2.45, 2.75) is 26.3 Å². The Bertz CT molecular complexity index is 498. The number of carbonyl (C=O) groups excluding carboxylic acids is 2. The second-order valence-corrected chi connectivity index (χ2v) is 6.81. The van der Waals surface area contributed by atoms with Gasteiger partial charge in [0.1, 0.15) is 0 Å². The molecule has 1 aromatic rings. The Hall–Kier alpha value is -1.08. The molecule has 2 amide bonds. The summed E-state index contributed by atoms with van der Waals surface area (Å²) in [4.78, 5) is 26.6. The first-order valence-electron chi connectivity index (χ1n) is 7.02. The normalized spacial score (nSPS) is 15.8. The molecule has 0 saturated carbocycles. The largest absolute Gasteiger partial charge is 0.466 e. The van der Waals surface area contributed by atoms with Crippen molar-refractivity contribution >= 4 is 39.3 Å². The lowest BCUT2D eigenvalue weighted by molar-refractivity contribution is -0.149. The average molecular weight is 375 g/mol. The van der Waals surface area contributed by atoms with Gasteiger partial charge in [-0.05, 0) is 41.8 Å². The number of urea groups is 1. The van der Waals surface area contributed by atoms with Crippen molar-refractivity contribution in [3.8, 4) is 0 Å². The second kappa shape index (κ2) is 7.79. The highest BCUT2D eigenvalue weighted by molar-refractivity contribution is 9.10. The van der Waals surface area contributed by atoms with Crippen LogP contribution >= 0.6 is 27.3 Å². The van der Waals surface area contributed by atoms with Gasteiger partial charge in [0.2, 0.25) is 0 Å². The van der Waals surface area contributed by atoms with E-state index < -0.39 is 0 Å². The topological polar surface area (TPSA) is 58.6 Å². The number of nitrogens with zero attached hydrogens (tertiary/aromatic N) is 1. The van der Waals surface area contributed by atoms with Crippen LogP contribution in [-0.4, -0.2) is 36.6 Å². The Morgan fingerprint density at radius 1 is 1.48 bits per heavy atom. The van der Waals surface area contributed by atoms with Gasteiger partial charge in [-0.1, -0.05) is 0 Å². The second-order valence-electron chi connectivity index (χ2n) is 4.90. The Kier molecular flexibility index (Phi) is 6.05. The Labute approximate surface area is 136 Å². The van der Waals surface area contributed by atoms with Crippen molar-refractivity contribution in [1.82, 2.24) is 10.2 Å². The molecule has 0 aliphatic carbocycles. The number of ether oxygens (including phenoxy) is 1. The van der Waals surface area contributed by atoms with Crippen molar-refractivity contribution in [3.63, 3.8) is 0 Å². The van der Waals surface area contributed by atoms with Gasteiger partial charge in [0.25, 0.3) is 0 Å². The lowest BCUT2D eigenvalue weighted by Crippen LogP contribution is -2.45. The molecule has 21 heavy (non-hydrogen) atoms. The first-order chi connectivity index (χ1) is 10.1. The zero-order chi connectivity index (χ0) is 15.2. The van der Waals surface area contributed by atoms with Crippen LogP contribution in [0.2, 0.25) is 0 Å². The van der Waals surface area contributed by atoms with E-state index in [9.17, 15) is 9.59 Å². The summed E-state index contributed by atoms with van der Waals surface area (Å²) in [6, 6.07) is 1.93. The van der Waals surface area contributed by atoms with E-state index in [0.29, 0.717) is 39.1 Å². The minimum atomic E-state index is -0.138. The molecule has 0 atom stereocenters. The number of likely N-dealkylation sites (tertiary alicyclic amines) is 1. The maximum absolute atomic E-state index is 12.1. The molecule has 116 valence electrons. The molecule has 5 nitrogen and oxygen atoms in total. The van der Waals surface area contributed by atoms with Gasteiger partial charge >= 0.3 is 12.0 Å². The van der Waals surface area contributed by atoms with Crippen molar-refractivity contribution in [2.24, 2.45) is 5.92 Å². The van der Waals surface area contributed by atoms with Crippen molar-refractivity contribution < 1.29 is 14.3 Å². The number of hydrogen-bond acceptors (Lipinski definition) is 4. The van der Waals surface area contributed by atoms with Gasteiger partial charge in [-0.15, -0.1) is 11.3 Å². The fourth-order valence-corrected chi connectivity index (χ4v) is 3.69. The first-order valence-corrected chi connectivity index (χ1v) is 8.69. The highest BCUT2D eigenvalue weighted by atomic mass is 79.9. The molecule has 7 heteroatoms. The zero-order valence-corrected chi connectivity index (χ0v) is 14.3. The summed E-state index contributed by atoms with van der Waals surface area (Å²) in [5, 5.41) is 4.90. The van der Waals surface area contributed by atoms with Gasteiger partial charge in [0.15, 0.2) is 0 Å². The van der Waals surface area contributed by atoms with E-state index >= 15 is 0 Å². The van der Waals surface area contributed by atoms with Gasteiger partial charge in [-0.25, -0.2) is 4.79 Å². The lowest BCUT2D eigenvalue weighted by Gasteiger charge is -2.30. The summed E-state index contributed by atoms with van der Waals surface area (Å²) in [5.74, 6) is -0.205. The molecule has 2 heterocycles. The molecule has 0 spiro atoms. The predicted molar refractivity (Wildman–Crippen MR) is 85.2 cm³/mol. The average Bonchev–Trinajstić information content (AvgIpc) is 2.91. The van der Waals surface area contributed by atoms with Crippen LogP contribution in [0.5, 0.6) is 0 Å². The van der Waals surface area contributed by atoms with Crippen LogP contribution in [0.4, 0.5) is 4.79 Å². The van der Waals surface area contributed by atoms with Crippen LogP contribution in [0.15, 0.2) is 15.9 Å². The smallest absolute Gasteiger partial charge is 0.317 e. The van der Waals surface area contributed by atoms with Gasteiger partial charge in [0.05, 0.1) is 19.1 Å². The highest BCUT2D eigenvalue weighted by Crippen LogP contribution is 2.20. The molecule has 1 N–H and O–H groups in total. The molecule has 1 aromatic heterocycles. The van der Waals surface area contributed by atoms with Crippen molar-refractivity contribution in [1.29, 1.82) is 0 Å². The van der Waals surface area contributed by atoms with Crippen LogP contribution in [0.3, 0.4) is 0 Å². The van der Waals surface area contributed by atoms with E-state index in [0.717, 1.165) is 9.35 Å². The molecule has 0 unspecified atom stereocenters. The molecule has 0 aromatic carbocycles. The first kappa shape index (κ1) is 16.3. The third kappa shape index (κ3) is 4.71. The van der Waals surface area contributed by atoms with Crippen molar-refractivity contribution in [2.75, 3.05) is 19.7 Å². The van der Waals surface area contributed by atoms with Gasteiger partial charge in [-0.2, -0.15) is 0 Å². The summed E-state index contributed by atoms with van der Waals surface area (Å²) < 4.78 is 6.06.